The van der Waals surface area contributed by atoms with E-state index in [1.807, 2.05) is 12.1 Å². The van der Waals surface area contributed by atoms with Crippen LogP contribution in [0, 0.1) is 17.0 Å². The number of nitro benzene ring substituents is 1. The third-order valence-corrected chi connectivity index (χ3v) is 4.26. The molecule has 122 valence electrons. The highest BCUT2D eigenvalue weighted by Gasteiger charge is 2.13. The van der Waals surface area contributed by atoms with E-state index in [9.17, 15) is 14.9 Å². The smallest absolute Gasteiger partial charge is 0.336 e. The quantitative estimate of drug-likeness (QED) is 0.407. The minimum absolute atomic E-state index is 0.0568. The van der Waals surface area contributed by atoms with Crippen LogP contribution in [0.25, 0.3) is 11.0 Å². The Balaban J connectivity index is 1.96. The van der Waals surface area contributed by atoms with Gasteiger partial charge in [0, 0.05) is 39.8 Å². The molecule has 6 nitrogen and oxygen atoms in total. The molecule has 0 bridgehead atoms. The van der Waals surface area contributed by atoms with Crippen molar-refractivity contribution in [2.24, 2.45) is 0 Å². The Morgan fingerprint density at radius 3 is 2.79 bits per heavy atom. The van der Waals surface area contributed by atoms with Crippen molar-refractivity contribution >= 4 is 38.3 Å². The predicted octanol–water partition coefficient (Wildman–Crippen LogP) is 4.38. The van der Waals surface area contributed by atoms with Gasteiger partial charge in [0.15, 0.2) is 0 Å². The molecule has 7 heteroatoms. The van der Waals surface area contributed by atoms with Crippen LogP contribution in [0.4, 0.5) is 11.4 Å². The molecule has 0 aliphatic rings. The fourth-order valence-electron chi connectivity index (χ4n) is 2.55. The Kier molecular flexibility index (Phi) is 4.35. The number of halogens is 1. The van der Waals surface area contributed by atoms with Crippen molar-refractivity contribution in [1.29, 1.82) is 0 Å². The van der Waals surface area contributed by atoms with Gasteiger partial charge in [-0.05, 0) is 36.8 Å². The lowest BCUT2D eigenvalue weighted by atomic mass is 10.1. The standard InChI is InChI=1S/C17H13BrN2O4/c1-10-14(3-2-4-15(10)20(22)23)19-9-11-7-17(21)24-16-8-12(18)5-6-13(11)16/h2-8,19H,9H2,1H3. The fourth-order valence-corrected chi connectivity index (χ4v) is 2.89. The summed E-state index contributed by atoms with van der Waals surface area (Å²) in [5, 5.41) is 15.0. The number of benzene rings is 2. The fraction of sp³-hybridized carbons (Fsp3) is 0.118. The van der Waals surface area contributed by atoms with E-state index in [1.54, 1.807) is 25.1 Å². The third-order valence-electron chi connectivity index (χ3n) is 3.76. The summed E-state index contributed by atoms with van der Waals surface area (Å²) in [6.07, 6.45) is 0. The normalized spacial score (nSPS) is 10.8. The lowest BCUT2D eigenvalue weighted by Gasteiger charge is -2.11. The van der Waals surface area contributed by atoms with Crippen LogP contribution in [0.15, 0.2) is 56.1 Å². The predicted molar refractivity (Wildman–Crippen MR) is 95.3 cm³/mol. The molecule has 0 amide bonds. The Labute approximate surface area is 145 Å². The molecule has 3 rings (SSSR count). The second kappa shape index (κ2) is 6.45. The van der Waals surface area contributed by atoms with E-state index >= 15 is 0 Å². The summed E-state index contributed by atoms with van der Waals surface area (Å²) in [7, 11) is 0. The summed E-state index contributed by atoms with van der Waals surface area (Å²) in [5.41, 5.74) is 2.08. The number of nitro groups is 1. The number of rotatable bonds is 4. The lowest BCUT2D eigenvalue weighted by Crippen LogP contribution is -2.07. The molecule has 0 saturated heterocycles. The molecular weight excluding hydrogens is 376 g/mol. The number of anilines is 1. The second-order valence-corrected chi connectivity index (χ2v) is 6.21. The van der Waals surface area contributed by atoms with Crippen LogP contribution in [0.2, 0.25) is 0 Å². The van der Waals surface area contributed by atoms with Gasteiger partial charge in [-0.2, -0.15) is 0 Å². The highest BCUT2D eigenvalue weighted by Crippen LogP contribution is 2.27. The lowest BCUT2D eigenvalue weighted by molar-refractivity contribution is -0.385. The van der Waals surface area contributed by atoms with Gasteiger partial charge in [-0.3, -0.25) is 10.1 Å². The molecule has 0 unspecified atom stereocenters. The van der Waals surface area contributed by atoms with Crippen molar-refractivity contribution in [2.45, 2.75) is 13.5 Å². The molecule has 2 aromatic carbocycles. The number of hydrogen-bond acceptors (Lipinski definition) is 5. The minimum atomic E-state index is -0.437. The zero-order chi connectivity index (χ0) is 17.3. The molecule has 0 aliphatic carbocycles. The van der Waals surface area contributed by atoms with E-state index in [-0.39, 0.29) is 5.69 Å². The van der Waals surface area contributed by atoms with E-state index < -0.39 is 10.5 Å². The molecule has 1 N–H and O–H groups in total. The van der Waals surface area contributed by atoms with E-state index in [0.29, 0.717) is 23.4 Å². The van der Waals surface area contributed by atoms with Gasteiger partial charge >= 0.3 is 5.63 Å². The molecule has 0 fully saturated rings. The Morgan fingerprint density at radius 2 is 2.04 bits per heavy atom. The average Bonchev–Trinajstić information content (AvgIpc) is 2.52. The highest BCUT2D eigenvalue weighted by molar-refractivity contribution is 9.10. The van der Waals surface area contributed by atoms with Crippen molar-refractivity contribution in [2.75, 3.05) is 5.32 Å². The zero-order valence-electron chi connectivity index (χ0n) is 12.7. The Morgan fingerprint density at radius 1 is 1.25 bits per heavy atom. The van der Waals surface area contributed by atoms with Crippen LogP contribution in [0.1, 0.15) is 11.1 Å². The van der Waals surface area contributed by atoms with Crippen molar-refractivity contribution in [3.63, 3.8) is 0 Å². The van der Waals surface area contributed by atoms with Gasteiger partial charge in [0.2, 0.25) is 0 Å². The number of hydrogen-bond donors (Lipinski definition) is 1. The molecule has 24 heavy (non-hydrogen) atoms. The van der Waals surface area contributed by atoms with E-state index in [1.165, 1.54) is 12.1 Å². The monoisotopic (exact) mass is 388 g/mol. The molecule has 0 aliphatic heterocycles. The van der Waals surface area contributed by atoms with Crippen LogP contribution in [0.5, 0.6) is 0 Å². The first-order valence-corrected chi connectivity index (χ1v) is 7.95. The first-order valence-electron chi connectivity index (χ1n) is 7.16. The molecule has 0 saturated carbocycles. The van der Waals surface area contributed by atoms with Crippen LogP contribution in [0.3, 0.4) is 0 Å². The van der Waals surface area contributed by atoms with Gasteiger partial charge < -0.3 is 9.73 Å². The molecule has 1 aromatic heterocycles. The third kappa shape index (κ3) is 3.16. The van der Waals surface area contributed by atoms with Gasteiger partial charge in [0.25, 0.3) is 5.69 Å². The summed E-state index contributed by atoms with van der Waals surface area (Å²) in [6.45, 7) is 2.04. The molecule has 1 heterocycles. The van der Waals surface area contributed by atoms with Crippen molar-refractivity contribution in [1.82, 2.24) is 0 Å². The Hall–Kier alpha value is -2.67. The van der Waals surface area contributed by atoms with E-state index in [2.05, 4.69) is 21.2 Å². The van der Waals surface area contributed by atoms with Crippen LogP contribution in [-0.4, -0.2) is 4.92 Å². The van der Waals surface area contributed by atoms with Gasteiger partial charge in [-0.1, -0.05) is 22.0 Å². The van der Waals surface area contributed by atoms with Gasteiger partial charge in [0.1, 0.15) is 5.58 Å². The SMILES string of the molecule is Cc1c(NCc2cc(=O)oc3cc(Br)ccc23)cccc1[N+](=O)[O-]. The highest BCUT2D eigenvalue weighted by atomic mass is 79.9. The minimum Gasteiger partial charge on any atom is -0.423 e. The van der Waals surface area contributed by atoms with Crippen LogP contribution in [-0.2, 0) is 6.54 Å². The first-order chi connectivity index (χ1) is 11.5. The van der Waals surface area contributed by atoms with E-state index in [4.69, 9.17) is 4.42 Å². The zero-order valence-corrected chi connectivity index (χ0v) is 14.3. The molecule has 0 atom stereocenters. The van der Waals surface area contributed by atoms with Crippen molar-refractivity contribution in [3.8, 4) is 0 Å². The number of nitrogens with one attached hydrogen (secondary N) is 1. The van der Waals surface area contributed by atoms with Gasteiger partial charge in [-0.25, -0.2) is 4.79 Å². The van der Waals surface area contributed by atoms with Gasteiger partial charge in [0.05, 0.1) is 4.92 Å². The maximum atomic E-state index is 11.7. The summed E-state index contributed by atoms with van der Waals surface area (Å²) in [4.78, 5) is 22.3. The maximum Gasteiger partial charge on any atom is 0.336 e. The number of nitrogens with zero attached hydrogens (tertiary/aromatic N) is 1. The van der Waals surface area contributed by atoms with Crippen LogP contribution < -0.4 is 10.9 Å². The van der Waals surface area contributed by atoms with Crippen molar-refractivity contribution in [3.05, 3.63) is 78.6 Å². The molecular formula is C17H13BrN2O4. The summed E-state index contributed by atoms with van der Waals surface area (Å²) >= 11 is 3.35. The summed E-state index contributed by atoms with van der Waals surface area (Å²) in [6, 6.07) is 11.7. The first kappa shape index (κ1) is 16.2. The summed E-state index contributed by atoms with van der Waals surface area (Å²) < 4.78 is 6.02. The van der Waals surface area contributed by atoms with E-state index in [0.717, 1.165) is 15.4 Å². The van der Waals surface area contributed by atoms with Gasteiger partial charge in [-0.15, -0.1) is 0 Å². The Bertz CT molecular complexity index is 998. The maximum absolute atomic E-state index is 11.7. The topological polar surface area (TPSA) is 85.4 Å². The van der Waals surface area contributed by atoms with Crippen molar-refractivity contribution < 1.29 is 9.34 Å². The van der Waals surface area contributed by atoms with Crippen LogP contribution >= 0.6 is 15.9 Å². The number of fused-ring (bicyclic) bond motifs is 1. The second-order valence-electron chi connectivity index (χ2n) is 5.29. The molecule has 3 aromatic rings. The molecule has 0 spiro atoms. The largest absolute Gasteiger partial charge is 0.423 e. The molecule has 0 radical (unpaired) electrons. The summed E-state index contributed by atoms with van der Waals surface area (Å²) in [5.74, 6) is 0. The average molecular weight is 389 g/mol.